The van der Waals surface area contributed by atoms with E-state index in [4.69, 9.17) is 0 Å². The molecule has 0 bridgehead atoms. The Morgan fingerprint density at radius 3 is 1.37 bits per heavy atom. The second kappa shape index (κ2) is 9.05. The summed E-state index contributed by atoms with van der Waals surface area (Å²) in [6.45, 7) is 12.2. The van der Waals surface area contributed by atoms with Gasteiger partial charge in [0.2, 0.25) is 9.84 Å². The first-order chi connectivity index (χ1) is 12.7. The van der Waals surface area contributed by atoms with E-state index in [1.807, 2.05) is 39.8 Å². The molecule has 148 valence electrons. The van der Waals surface area contributed by atoms with Gasteiger partial charge in [0.25, 0.3) is 0 Å². The fraction of sp³-hybridized carbons (Fsp3) is 0.500. The molecule has 27 heavy (non-hydrogen) atoms. The van der Waals surface area contributed by atoms with Crippen molar-refractivity contribution in [1.29, 1.82) is 0 Å². The van der Waals surface area contributed by atoms with Gasteiger partial charge in [-0.05, 0) is 98.9 Å². The zero-order valence-electron chi connectivity index (χ0n) is 17.8. The molecule has 0 aliphatic rings. The van der Waals surface area contributed by atoms with Crippen molar-refractivity contribution in [2.24, 2.45) is 0 Å². The monoisotopic (exact) mass is 386 g/mol. The first-order valence-electron chi connectivity index (χ1n) is 10.2. The second-order valence-electron chi connectivity index (χ2n) is 7.80. The smallest absolute Gasteiger partial charge is 0.207 e. The molecule has 3 heteroatoms. The van der Waals surface area contributed by atoms with Crippen LogP contribution in [0.15, 0.2) is 34.1 Å². The van der Waals surface area contributed by atoms with E-state index in [1.54, 1.807) is 0 Å². The number of benzene rings is 2. The number of sulfone groups is 1. The number of hydrogen-bond acceptors (Lipinski definition) is 2. The van der Waals surface area contributed by atoms with Crippen LogP contribution in [0.4, 0.5) is 0 Å². The van der Waals surface area contributed by atoms with Gasteiger partial charge in [-0.15, -0.1) is 0 Å². The largest absolute Gasteiger partial charge is 0.218 e. The molecule has 2 nitrogen and oxygen atoms in total. The number of hydrogen-bond donors (Lipinski definition) is 0. The minimum Gasteiger partial charge on any atom is -0.218 e. The maximum atomic E-state index is 13.6. The standard InChI is InChI=1S/C24H34O2S/c1-7-9-11-21-13-17(3)15-23(19(21)5)27(25,26)24-16-18(4)14-22(20(24)6)12-10-8-2/h13-16H,7-12H2,1-6H3. The average molecular weight is 387 g/mol. The van der Waals surface area contributed by atoms with Gasteiger partial charge < -0.3 is 0 Å². The number of rotatable bonds is 8. The third-order valence-corrected chi connectivity index (χ3v) is 7.41. The molecule has 0 saturated carbocycles. The van der Waals surface area contributed by atoms with Gasteiger partial charge in [-0.25, -0.2) is 8.42 Å². The molecule has 0 aliphatic carbocycles. The van der Waals surface area contributed by atoms with E-state index >= 15 is 0 Å². The summed E-state index contributed by atoms with van der Waals surface area (Å²) in [6.07, 6.45) is 6.23. The van der Waals surface area contributed by atoms with E-state index in [1.165, 1.54) is 0 Å². The van der Waals surface area contributed by atoms with Crippen molar-refractivity contribution in [3.05, 3.63) is 57.6 Å². The van der Waals surface area contributed by atoms with Crippen LogP contribution < -0.4 is 0 Å². The average Bonchev–Trinajstić information content (AvgIpc) is 2.62. The fourth-order valence-corrected chi connectivity index (χ4v) is 5.71. The van der Waals surface area contributed by atoms with Crippen molar-refractivity contribution in [3.8, 4) is 0 Å². The lowest BCUT2D eigenvalue weighted by Crippen LogP contribution is -2.10. The highest BCUT2D eigenvalue weighted by Crippen LogP contribution is 2.32. The van der Waals surface area contributed by atoms with Gasteiger partial charge >= 0.3 is 0 Å². The van der Waals surface area contributed by atoms with E-state index < -0.39 is 9.84 Å². The Hall–Kier alpha value is -1.61. The lowest BCUT2D eigenvalue weighted by atomic mass is 10.0. The Labute approximate surface area is 165 Å². The van der Waals surface area contributed by atoms with Crippen LogP contribution >= 0.6 is 0 Å². The molecule has 0 unspecified atom stereocenters. The Bertz CT molecular complexity index is 839. The molecule has 0 spiro atoms. The first-order valence-corrected chi connectivity index (χ1v) is 11.7. The highest BCUT2D eigenvalue weighted by Gasteiger charge is 2.25. The second-order valence-corrected chi connectivity index (χ2v) is 9.69. The molecular formula is C24H34O2S. The molecule has 0 amide bonds. The molecule has 0 fully saturated rings. The van der Waals surface area contributed by atoms with Gasteiger partial charge in [0, 0.05) is 0 Å². The van der Waals surface area contributed by atoms with Gasteiger partial charge in [-0.2, -0.15) is 0 Å². The third kappa shape index (κ3) is 4.82. The molecular weight excluding hydrogens is 352 g/mol. The predicted octanol–water partition coefficient (Wildman–Crippen LogP) is 6.44. The summed E-state index contributed by atoms with van der Waals surface area (Å²) < 4.78 is 27.3. The first kappa shape index (κ1) is 21.7. The van der Waals surface area contributed by atoms with E-state index in [2.05, 4.69) is 26.0 Å². The number of aryl methyl sites for hydroxylation is 4. The van der Waals surface area contributed by atoms with Crippen LogP contribution in [0.2, 0.25) is 0 Å². The molecule has 0 radical (unpaired) electrons. The van der Waals surface area contributed by atoms with Crippen molar-refractivity contribution < 1.29 is 8.42 Å². The van der Waals surface area contributed by atoms with Crippen LogP contribution in [-0.2, 0) is 22.7 Å². The van der Waals surface area contributed by atoms with Gasteiger partial charge in [0.05, 0.1) is 9.79 Å². The molecule has 2 rings (SSSR count). The summed E-state index contributed by atoms with van der Waals surface area (Å²) >= 11 is 0. The zero-order chi connectivity index (χ0) is 20.2. The summed E-state index contributed by atoms with van der Waals surface area (Å²) in [5.74, 6) is 0. The van der Waals surface area contributed by atoms with E-state index in [-0.39, 0.29) is 0 Å². The number of unbranched alkanes of at least 4 members (excludes halogenated alkanes) is 2. The Kier molecular flexibility index (Phi) is 7.27. The molecule has 0 N–H and O–H groups in total. The maximum Gasteiger partial charge on any atom is 0.207 e. The van der Waals surface area contributed by atoms with Gasteiger partial charge in [-0.3, -0.25) is 0 Å². The van der Waals surface area contributed by atoms with Crippen LogP contribution in [0.25, 0.3) is 0 Å². The van der Waals surface area contributed by atoms with E-state index in [0.717, 1.165) is 71.9 Å². The summed E-state index contributed by atoms with van der Waals surface area (Å²) in [5, 5.41) is 0. The van der Waals surface area contributed by atoms with Crippen molar-refractivity contribution in [2.75, 3.05) is 0 Å². The minimum atomic E-state index is -3.54. The topological polar surface area (TPSA) is 34.1 Å². The van der Waals surface area contributed by atoms with Crippen molar-refractivity contribution in [1.82, 2.24) is 0 Å². The van der Waals surface area contributed by atoms with Crippen molar-refractivity contribution in [3.63, 3.8) is 0 Å². The Balaban J connectivity index is 2.63. The third-order valence-electron chi connectivity index (χ3n) is 5.40. The molecule has 0 atom stereocenters. The van der Waals surface area contributed by atoms with Crippen LogP contribution in [0, 0.1) is 27.7 Å². The fourth-order valence-electron chi connectivity index (χ4n) is 3.73. The molecule has 0 heterocycles. The summed E-state index contributed by atoms with van der Waals surface area (Å²) in [6, 6.07) is 7.96. The highest BCUT2D eigenvalue weighted by atomic mass is 32.2. The van der Waals surface area contributed by atoms with Gasteiger partial charge in [0.15, 0.2) is 0 Å². The van der Waals surface area contributed by atoms with Crippen LogP contribution in [0.3, 0.4) is 0 Å². The van der Waals surface area contributed by atoms with Crippen LogP contribution in [0.5, 0.6) is 0 Å². The summed E-state index contributed by atoms with van der Waals surface area (Å²) in [4.78, 5) is 0.951. The molecule has 0 aliphatic heterocycles. The van der Waals surface area contributed by atoms with Crippen LogP contribution in [0.1, 0.15) is 72.9 Å². The van der Waals surface area contributed by atoms with Gasteiger partial charge in [-0.1, -0.05) is 38.8 Å². The zero-order valence-corrected chi connectivity index (χ0v) is 18.6. The highest BCUT2D eigenvalue weighted by molar-refractivity contribution is 7.91. The molecule has 2 aromatic rings. The van der Waals surface area contributed by atoms with Gasteiger partial charge in [0.1, 0.15) is 0 Å². The lowest BCUT2D eigenvalue weighted by Gasteiger charge is -2.17. The normalized spacial score (nSPS) is 11.8. The quantitative estimate of drug-likeness (QED) is 0.523. The molecule has 0 aromatic heterocycles. The van der Waals surface area contributed by atoms with E-state index in [0.29, 0.717) is 9.79 Å². The lowest BCUT2D eigenvalue weighted by molar-refractivity contribution is 0.594. The molecule has 0 saturated heterocycles. The summed E-state index contributed by atoms with van der Waals surface area (Å²) in [7, 11) is -3.54. The minimum absolute atomic E-state index is 0.476. The Morgan fingerprint density at radius 1 is 0.667 bits per heavy atom. The van der Waals surface area contributed by atoms with Crippen LogP contribution in [-0.4, -0.2) is 8.42 Å². The van der Waals surface area contributed by atoms with E-state index in [9.17, 15) is 8.42 Å². The van der Waals surface area contributed by atoms with Crippen molar-refractivity contribution in [2.45, 2.75) is 89.9 Å². The SMILES string of the molecule is CCCCc1cc(C)cc(S(=O)(=O)c2cc(C)cc(CCCC)c2C)c1C. The molecule has 2 aromatic carbocycles. The predicted molar refractivity (Wildman–Crippen MR) is 115 cm³/mol. The van der Waals surface area contributed by atoms with Crippen molar-refractivity contribution >= 4 is 9.84 Å². The maximum absolute atomic E-state index is 13.6. The summed E-state index contributed by atoms with van der Waals surface area (Å²) in [5.41, 5.74) is 6.16. The Morgan fingerprint density at radius 2 is 1.04 bits per heavy atom.